The second-order valence-electron chi connectivity index (χ2n) is 8.27. The van der Waals surface area contributed by atoms with E-state index in [1.807, 2.05) is 13.0 Å². The average Bonchev–Trinajstić information content (AvgIpc) is 2.81. The van der Waals surface area contributed by atoms with Gasteiger partial charge < -0.3 is 5.32 Å². The molecule has 0 bridgehead atoms. The minimum Gasteiger partial charge on any atom is -0.325 e. The lowest BCUT2D eigenvalue weighted by Crippen LogP contribution is -2.44. The van der Waals surface area contributed by atoms with Crippen molar-refractivity contribution in [2.75, 3.05) is 35.0 Å². The van der Waals surface area contributed by atoms with Crippen LogP contribution in [-0.4, -0.2) is 47.7 Å². The maximum atomic E-state index is 13.0. The van der Waals surface area contributed by atoms with E-state index in [1.54, 1.807) is 43.3 Å². The summed E-state index contributed by atoms with van der Waals surface area (Å²) in [4.78, 5) is 12.9. The molecular weight excluding hydrogens is 568 g/mol. The minimum atomic E-state index is -3.96. The van der Waals surface area contributed by atoms with Crippen LogP contribution in [0.2, 0.25) is 0 Å². The highest BCUT2D eigenvalue weighted by molar-refractivity contribution is 9.10. The normalized spacial score (nSPS) is 11.8. The molecule has 12 heteroatoms. The zero-order valence-corrected chi connectivity index (χ0v) is 23.4. The molecule has 1 amide bonds. The summed E-state index contributed by atoms with van der Waals surface area (Å²) in [6.07, 6.45) is 0. The number of hydrogen-bond donors (Lipinski definition) is 2. The first-order chi connectivity index (χ1) is 16.8. The van der Waals surface area contributed by atoms with Gasteiger partial charge in [0.15, 0.2) is 0 Å². The van der Waals surface area contributed by atoms with Crippen molar-refractivity contribution in [2.24, 2.45) is 0 Å². The highest BCUT2D eigenvalue weighted by Crippen LogP contribution is 2.26. The van der Waals surface area contributed by atoms with Gasteiger partial charge in [-0.15, -0.1) is 0 Å². The number of carbonyl (C=O) groups is 1. The number of anilines is 3. The van der Waals surface area contributed by atoms with Crippen molar-refractivity contribution in [3.05, 3.63) is 82.3 Å². The van der Waals surface area contributed by atoms with E-state index >= 15 is 0 Å². The molecule has 0 radical (unpaired) electrons. The topological polar surface area (TPSA) is 116 Å². The van der Waals surface area contributed by atoms with Crippen LogP contribution < -0.4 is 14.3 Å². The van der Waals surface area contributed by atoms with Gasteiger partial charge in [-0.25, -0.2) is 12.7 Å². The fourth-order valence-electron chi connectivity index (χ4n) is 3.26. The lowest BCUT2D eigenvalue weighted by atomic mass is 10.1. The third kappa shape index (κ3) is 6.64. The van der Waals surface area contributed by atoms with Crippen LogP contribution in [0.5, 0.6) is 0 Å². The first kappa shape index (κ1) is 27.7. The molecule has 3 aromatic carbocycles. The van der Waals surface area contributed by atoms with Crippen molar-refractivity contribution < 1.29 is 21.6 Å². The molecule has 0 aromatic heterocycles. The molecular formula is C24H27BrN4O5S2. The molecule has 0 aliphatic carbocycles. The summed E-state index contributed by atoms with van der Waals surface area (Å²) >= 11 is 3.30. The van der Waals surface area contributed by atoms with Crippen LogP contribution >= 0.6 is 15.9 Å². The largest absolute Gasteiger partial charge is 0.325 e. The number of rotatable bonds is 9. The number of nitrogens with zero attached hydrogens (tertiary/aromatic N) is 2. The monoisotopic (exact) mass is 594 g/mol. The van der Waals surface area contributed by atoms with Gasteiger partial charge in [0.25, 0.3) is 10.0 Å². The molecule has 0 aliphatic heterocycles. The lowest BCUT2D eigenvalue weighted by molar-refractivity contribution is -0.114. The smallest absolute Gasteiger partial charge is 0.304 e. The Morgan fingerprint density at radius 2 is 1.44 bits per heavy atom. The predicted molar refractivity (Wildman–Crippen MR) is 146 cm³/mol. The summed E-state index contributed by atoms with van der Waals surface area (Å²) in [5.41, 5.74) is 2.68. The van der Waals surface area contributed by atoms with Gasteiger partial charge in [0.1, 0.15) is 6.54 Å². The SMILES string of the molecule is Cc1ccc(C)c(N(CC(=O)Nc2ccc(S(=O)(=O)Nc3ccc(Br)cc3)cc2)S(=O)(=O)N(C)C)c1. The van der Waals surface area contributed by atoms with E-state index in [4.69, 9.17) is 0 Å². The molecule has 0 unspecified atom stereocenters. The van der Waals surface area contributed by atoms with E-state index in [9.17, 15) is 21.6 Å². The van der Waals surface area contributed by atoms with E-state index in [2.05, 4.69) is 26.0 Å². The molecule has 36 heavy (non-hydrogen) atoms. The second kappa shape index (κ2) is 11.0. The van der Waals surface area contributed by atoms with Crippen LogP contribution in [0.3, 0.4) is 0 Å². The van der Waals surface area contributed by atoms with Crippen molar-refractivity contribution in [1.29, 1.82) is 0 Å². The first-order valence-electron chi connectivity index (χ1n) is 10.8. The molecule has 0 aliphatic rings. The molecule has 3 rings (SSSR count). The van der Waals surface area contributed by atoms with Gasteiger partial charge in [0, 0.05) is 29.9 Å². The zero-order valence-electron chi connectivity index (χ0n) is 20.2. The fraction of sp³-hybridized carbons (Fsp3) is 0.208. The highest BCUT2D eigenvalue weighted by atomic mass is 79.9. The summed E-state index contributed by atoms with van der Waals surface area (Å²) in [7, 11) is -5.01. The van der Waals surface area contributed by atoms with Crippen molar-refractivity contribution >= 4 is 59.1 Å². The summed E-state index contributed by atoms with van der Waals surface area (Å²) < 4.78 is 56.7. The van der Waals surface area contributed by atoms with Crippen LogP contribution in [0.15, 0.2) is 76.1 Å². The van der Waals surface area contributed by atoms with Crippen molar-refractivity contribution in [3.8, 4) is 0 Å². The molecule has 0 saturated carbocycles. The van der Waals surface area contributed by atoms with Gasteiger partial charge in [0.05, 0.1) is 10.6 Å². The maximum absolute atomic E-state index is 13.0. The van der Waals surface area contributed by atoms with Gasteiger partial charge in [-0.2, -0.15) is 12.7 Å². The van der Waals surface area contributed by atoms with Crippen LogP contribution in [0.1, 0.15) is 11.1 Å². The molecule has 0 saturated heterocycles. The Morgan fingerprint density at radius 3 is 2.03 bits per heavy atom. The number of amides is 1. The van der Waals surface area contributed by atoms with Crippen LogP contribution in [0, 0.1) is 13.8 Å². The molecule has 0 atom stereocenters. The third-order valence-electron chi connectivity index (χ3n) is 5.21. The summed E-state index contributed by atoms with van der Waals surface area (Å²) in [5, 5.41) is 2.64. The standard InChI is InChI=1S/C24H27BrN4O5S2/c1-17-5-6-18(2)23(15-17)29(36(33,34)28(3)4)16-24(30)26-20-11-13-22(14-12-20)35(31,32)27-21-9-7-19(25)8-10-21/h5-15,27H,16H2,1-4H3,(H,26,30). The Labute approximate surface area is 220 Å². The van der Waals surface area contributed by atoms with Gasteiger partial charge in [0.2, 0.25) is 5.91 Å². The molecule has 9 nitrogen and oxygen atoms in total. The Bertz CT molecular complexity index is 1460. The minimum absolute atomic E-state index is 0.00983. The third-order valence-corrected chi connectivity index (χ3v) is 8.94. The van der Waals surface area contributed by atoms with Gasteiger partial charge in [-0.05, 0) is 79.6 Å². The fourth-order valence-corrected chi connectivity index (χ4v) is 5.70. The van der Waals surface area contributed by atoms with Crippen LogP contribution in [0.4, 0.5) is 17.1 Å². The number of halogens is 1. The second-order valence-corrected chi connectivity index (χ2v) is 12.9. The number of sulfonamides is 1. The average molecular weight is 596 g/mol. The summed E-state index contributed by atoms with van der Waals surface area (Å²) in [6, 6.07) is 17.6. The van der Waals surface area contributed by atoms with Crippen LogP contribution in [-0.2, 0) is 25.0 Å². The Kier molecular flexibility index (Phi) is 8.44. The predicted octanol–water partition coefficient (Wildman–Crippen LogP) is 4.12. The van der Waals surface area contributed by atoms with E-state index in [-0.39, 0.29) is 4.90 Å². The van der Waals surface area contributed by atoms with E-state index in [0.717, 1.165) is 18.6 Å². The van der Waals surface area contributed by atoms with Crippen molar-refractivity contribution in [2.45, 2.75) is 18.7 Å². The number of carbonyl (C=O) groups excluding carboxylic acids is 1. The molecule has 192 valence electrons. The maximum Gasteiger partial charge on any atom is 0.304 e. The Balaban J connectivity index is 1.77. The molecule has 0 fully saturated rings. The van der Waals surface area contributed by atoms with E-state index < -0.39 is 32.7 Å². The zero-order chi connectivity index (χ0) is 26.7. The number of benzene rings is 3. The first-order valence-corrected chi connectivity index (χ1v) is 14.4. The summed E-state index contributed by atoms with van der Waals surface area (Å²) in [5.74, 6) is -0.579. The number of nitrogens with one attached hydrogen (secondary N) is 2. The van der Waals surface area contributed by atoms with Gasteiger partial charge in [-0.3, -0.25) is 9.52 Å². The van der Waals surface area contributed by atoms with E-state index in [0.29, 0.717) is 22.6 Å². The van der Waals surface area contributed by atoms with Crippen molar-refractivity contribution in [3.63, 3.8) is 0 Å². The molecule has 3 aromatic rings. The lowest BCUT2D eigenvalue weighted by Gasteiger charge is -2.28. The molecule has 0 heterocycles. The Morgan fingerprint density at radius 1 is 0.861 bits per heavy atom. The van der Waals surface area contributed by atoms with Crippen LogP contribution in [0.25, 0.3) is 0 Å². The quantitative estimate of drug-likeness (QED) is 0.386. The number of hydrogen-bond acceptors (Lipinski definition) is 5. The Hall–Kier alpha value is -2.93. The number of aryl methyl sites for hydroxylation is 2. The molecule has 2 N–H and O–H groups in total. The highest BCUT2D eigenvalue weighted by Gasteiger charge is 2.28. The van der Waals surface area contributed by atoms with Gasteiger partial charge >= 0.3 is 10.2 Å². The van der Waals surface area contributed by atoms with Gasteiger partial charge in [-0.1, -0.05) is 28.1 Å². The van der Waals surface area contributed by atoms with E-state index in [1.165, 1.54) is 38.4 Å². The molecule has 0 spiro atoms. The van der Waals surface area contributed by atoms with Crippen molar-refractivity contribution in [1.82, 2.24) is 4.31 Å². The summed E-state index contributed by atoms with van der Waals surface area (Å²) in [6.45, 7) is 3.15.